The Balaban J connectivity index is 2.19. The van der Waals surface area contributed by atoms with Gasteiger partial charge in [0.2, 0.25) is 0 Å². The smallest absolute Gasteiger partial charge is 0.308 e. The molecule has 9 nitrogen and oxygen atoms in total. The number of methoxy groups -OCH3 is 1. The lowest BCUT2D eigenvalue weighted by Crippen LogP contribution is -2.10. The van der Waals surface area contributed by atoms with Crippen molar-refractivity contribution < 1.29 is 14.3 Å². The van der Waals surface area contributed by atoms with Gasteiger partial charge >= 0.3 is 5.97 Å². The van der Waals surface area contributed by atoms with Crippen LogP contribution in [0.5, 0.6) is 11.5 Å². The number of esters is 1. The van der Waals surface area contributed by atoms with Gasteiger partial charge in [0.25, 0.3) is 5.95 Å². The van der Waals surface area contributed by atoms with Gasteiger partial charge in [0.05, 0.1) is 17.8 Å². The Morgan fingerprint density at radius 1 is 1.55 bits per heavy atom. The summed E-state index contributed by atoms with van der Waals surface area (Å²) in [5.41, 5.74) is 3.34. The van der Waals surface area contributed by atoms with Crippen molar-refractivity contribution in [1.82, 2.24) is 14.9 Å². The van der Waals surface area contributed by atoms with Crippen molar-refractivity contribution in [2.24, 2.45) is 5.10 Å². The van der Waals surface area contributed by atoms with Gasteiger partial charge in [0.15, 0.2) is 11.5 Å². The van der Waals surface area contributed by atoms with Crippen LogP contribution in [0.25, 0.3) is 0 Å². The molecule has 2 rings (SSSR count). The number of ether oxygens (including phenoxy) is 2. The second-order valence-electron chi connectivity index (χ2n) is 4.06. The fourth-order valence-electron chi connectivity index (χ4n) is 1.54. The maximum atomic E-state index is 11.1. The van der Waals surface area contributed by atoms with Gasteiger partial charge in [-0.2, -0.15) is 5.10 Å². The molecule has 0 aliphatic rings. The second kappa shape index (κ2) is 6.89. The molecule has 0 saturated heterocycles. The van der Waals surface area contributed by atoms with Crippen molar-refractivity contribution in [3.8, 4) is 11.5 Å². The first-order valence-corrected chi connectivity index (χ1v) is 6.80. The number of nitrogens with one attached hydrogen (secondary N) is 1. The number of nitrogens with zero attached hydrogens (tertiary/aromatic N) is 4. The third kappa shape index (κ3) is 3.73. The first-order chi connectivity index (χ1) is 10.5. The van der Waals surface area contributed by atoms with Crippen molar-refractivity contribution in [1.29, 1.82) is 0 Å². The minimum atomic E-state index is -0.440. The molecule has 22 heavy (non-hydrogen) atoms. The lowest BCUT2D eigenvalue weighted by Gasteiger charge is -2.10. The maximum Gasteiger partial charge on any atom is 0.308 e. The van der Waals surface area contributed by atoms with Crippen molar-refractivity contribution in [2.45, 2.75) is 6.92 Å². The van der Waals surface area contributed by atoms with Gasteiger partial charge in [-0.05, 0) is 33.6 Å². The number of halogens is 1. The molecule has 1 aromatic heterocycles. The molecule has 2 aromatic rings. The van der Waals surface area contributed by atoms with E-state index in [-0.39, 0.29) is 0 Å². The average Bonchev–Trinajstić information content (AvgIpc) is 2.86. The molecule has 0 bridgehead atoms. The molecule has 3 N–H and O–H groups in total. The zero-order chi connectivity index (χ0) is 16.1. The quantitative estimate of drug-likeness (QED) is 0.267. The van der Waals surface area contributed by atoms with Crippen LogP contribution in [0, 0.1) is 0 Å². The Bertz CT molecular complexity index is 715. The number of hydrogen-bond donors (Lipinski definition) is 2. The van der Waals surface area contributed by atoms with Crippen LogP contribution in [0.15, 0.2) is 28.0 Å². The van der Waals surface area contributed by atoms with Crippen LogP contribution in [0.3, 0.4) is 0 Å². The number of nitrogen functional groups attached to an aromatic ring is 1. The van der Waals surface area contributed by atoms with E-state index < -0.39 is 5.97 Å². The molecule has 116 valence electrons. The molecule has 1 aromatic carbocycles. The fraction of sp³-hybridized carbons (Fsp3) is 0.167. The number of anilines is 1. The number of nitrogens with two attached hydrogens (primary N) is 1. The van der Waals surface area contributed by atoms with Crippen LogP contribution in [-0.2, 0) is 4.79 Å². The van der Waals surface area contributed by atoms with Crippen molar-refractivity contribution in [2.75, 3.05) is 18.4 Å². The Hall–Kier alpha value is -2.62. The summed E-state index contributed by atoms with van der Waals surface area (Å²) in [6.45, 7) is 1.31. The van der Waals surface area contributed by atoms with Crippen LogP contribution in [0.1, 0.15) is 12.5 Å². The molecule has 0 amide bonds. The van der Waals surface area contributed by atoms with E-state index >= 15 is 0 Å². The number of hydrazone groups is 1. The summed E-state index contributed by atoms with van der Waals surface area (Å²) in [6, 6.07) is 3.39. The number of hydrogen-bond acceptors (Lipinski definition) is 8. The van der Waals surface area contributed by atoms with Crippen LogP contribution in [-0.4, -0.2) is 34.2 Å². The van der Waals surface area contributed by atoms with Gasteiger partial charge in [-0.25, -0.2) is 10.1 Å². The number of aromatic nitrogens is 3. The van der Waals surface area contributed by atoms with Crippen LogP contribution in [0.4, 0.5) is 5.95 Å². The largest absolute Gasteiger partial charge is 0.493 e. The van der Waals surface area contributed by atoms with E-state index in [0.29, 0.717) is 27.5 Å². The lowest BCUT2D eigenvalue weighted by molar-refractivity contribution is -0.132. The summed E-state index contributed by atoms with van der Waals surface area (Å²) in [5, 5.41) is 11.3. The van der Waals surface area contributed by atoms with E-state index in [1.807, 2.05) is 0 Å². The highest BCUT2D eigenvalue weighted by Crippen LogP contribution is 2.36. The average molecular weight is 369 g/mol. The zero-order valence-electron chi connectivity index (χ0n) is 11.8. The van der Waals surface area contributed by atoms with E-state index in [1.165, 1.54) is 31.3 Å². The number of rotatable bonds is 5. The maximum absolute atomic E-state index is 11.1. The molecular formula is C12H13BrN6O3. The molecule has 0 aliphatic heterocycles. The topological polar surface area (TPSA) is 117 Å². The fourth-order valence-corrected chi connectivity index (χ4v) is 2.08. The lowest BCUT2D eigenvalue weighted by atomic mass is 10.2. The van der Waals surface area contributed by atoms with Gasteiger partial charge in [-0.3, -0.25) is 4.79 Å². The summed E-state index contributed by atoms with van der Waals surface area (Å²) in [5.74, 6) is 6.09. The Kier molecular flexibility index (Phi) is 4.94. The molecule has 0 aliphatic carbocycles. The van der Waals surface area contributed by atoms with E-state index in [4.69, 9.17) is 15.3 Å². The van der Waals surface area contributed by atoms with E-state index in [1.54, 1.807) is 12.1 Å². The van der Waals surface area contributed by atoms with Crippen LogP contribution >= 0.6 is 15.9 Å². The molecule has 0 spiro atoms. The molecule has 0 saturated carbocycles. The molecule has 1 heterocycles. The number of carbonyl (C=O) groups is 1. The number of benzene rings is 1. The van der Waals surface area contributed by atoms with Gasteiger partial charge < -0.3 is 15.3 Å². The van der Waals surface area contributed by atoms with Crippen molar-refractivity contribution in [3.05, 3.63) is 28.5 Å². The van der Waals surface area contributed by atoms with Crippen molar-refractivity contribution >= 4 is 34.1 Å². The van der Waals surface area contributed by atoms with Gasteiger partial charge in [0.1, 0.15) is 6.33 Å². The summed E-state index contributed by atoms with van der Waals surface area (Å²) < 4.78 is 12.0. The van der Waals surface area contributed by atoms with Gasteiger partial charge in [-0.1, -0.05) is 0 Å². The highest BCUT2D eigenvalue weighted by Gasteiger charge is 2.13. The van der Waals surface area contributed by atoms with E-state index in [2.05, 4.69) is 36.7 Å². The zero-order valence-corrected chi connectivity index (χ0v) is 13.4. The van der Waals surface area contributed by atoms with Crippen LogP contribution in [0.2, 0.25) is 0 Å². The Morgan fingerprint density at radius 3 is 2.91 bits per heavy atom. The van der Waals surface area contributed by atoms with Crippen molar-refractivity contribution in [3.63, 3.8) is 0 Å². The highest BCUT2D eigenvalue weighted by molar-refractivity contribution is 9.10. The summed E-state index contributed by atoms with van der Waals surface area (Å²) in [6.07, 6.45) is 2.87. The predicted molar refractivity (Wildman–Crippen MR) is 83.4 cm³/mol. The minimum absolute atomic E-state index is 0.291. The van der Waals surface area contributed by atoms with Gasteiger partial charge in [0, 0.05) is 6.92 Å². The summed E-state index contributed by atoms with van der Waals surface area (Å²) in [4.78, 5) is 11.1. The van der Waals surface area contributed by atoms with E-state index in [9.17, 15) is 4.79 Å². The molecule has 0 unspecified atom stereocenters. The molecule has 0 fully saturated rings. The molecular weight excluding hydrogens is 356 g/mol. The number of carbonyl (C=O) groups excluding carboxylic acids is 1. The molecule has 0 radical (unpaired) electrons. The monoisotopic (exact) mass is 368 g/mol. The Labute approximate surface area is 134 Å². The first-order valence-electron chi connectivity index (χ1n) is 6.01. The SMILES string of the molecule is COc1cc(C=NNc2nncn2N)cc(Br)c1OC(C)=O. The standard InChI is InChI=1S/C12H13BrN6O3/c1-7(20)22-11-9(13)3-8(4-10(11)21-2)5-15-17-12-18-16-6-19(12)14/h3-6H,14H2,1-2H3,(H,17,18). The first kappa shape index (κ1) is 15.8. The normalized spacial score (nSPS) is 10.7. The van der Waals surface area contributed by atoms with E-state index in [0.717, 1.165) is 0 Å². The Morgan fingerprint density at radius 2 is 2.32 bits per heavy atom. The second-order valence-corrected chi connectivity index (χ2v) is 4.91. The molecule has 10 heteroatoms. The summed E-state index contributed by atoms with van der Waals surface area (Å²) >= 11 is 3.32. The predicted octanol–water partition coefficient (Wildman–Crippen LogP) is 1.13. The third-order valence-corrected chi connectivity index (χ3v) is 3.04. The van der Waals surface area contributed by atoms with Gasteiger partial charge in [-0.15, -0.1) is 10.2 Å². The minimum Gasteiger partial charge on any atom is -0.493 e. The van der Waals surface area contributed by atoms with Crippen LogP contribution < -0.4 is 20.7 Å². The highest BCUT2D eigenvalue weighted by atomic mass is 79.9. The third-order valence-electron chi connectivity index (χ3n) is 2.45. The molecule has 0 atom stereocenters. The summed E-state index contributed by atoms with van der Waals surface area (Å²) in [7, 11) is 1.48.